The van der Waals surface area contributed by atoms with E-state index in [0.29, 0.717) is 0 Å². The van der Waals surface area contributed by atoms with Crippen molar-refractivity contribution < 1.29 is 0 Å². The summed E-state index contributed by atoms with van der Waals surface area (Å²) < 4.78 is 3.81. The second-order valence-corrected chi connectivity index (χ2v) is 8.25. The van der Waals surface area contributed by atoms with Gasteiger partial charge in [-0.2, -0.15) is 4.98 Å². The number of aromatic nitrogens is 3. The first-order chi connectivity index (χ1) is 13.7. The van der Waals surface area contributed by atoms with E-state index in [1.54, 1.807) is 4.57 Å². The van der Waals surface area contributed by atoms with Crippen LogP contribution in [0, 0.1) is 27.7 Å². The molecule has 0 aliphatic rings. The molecule has 2 heterocycles. The van der Waals surface area contributed by atoms with E-state index in [1.165, 1.54) is 16.7 Å². The molecule has 3 rings (SSSR count). The average Bonchev–Trinajstić information content (AvgIpc) is 2.89. The molecule has 29 heavy (non-hydrogen) atoms. The van der Waals surface area contributed by atoms with E-state index >= 15 is 0 Å². The van der Waals surface area contributed by atoms with Crippen LogP contribution in [0.1, 0.15) is 49.1 Å². The largest absolute Gasteiger partial charge is 0.342 e. The van der Waals surface area contributed by atoms with Gasteiger partial charge in [0, 0.05) is 38.4 Å². The number of hydrogen-bond acceptors (Lipinski definition) is 3. The molecule has 2 aromatic heterocycles. The third-order valence-electron chi connectivity index (χ3n) is 5.88. The Labute approximate surface area is 174 Å². The molecule has 0 atom stereocenters. The summed E-state index contributed by atoms with van der Waals surface area (Å²) >= 11 is 0. The number of rotatable bonds is 6. The number of nitrogens with zero attached hydrogens (tertiary/aromatic N) is 4. The summed E-state index contributed by atoms with van der Waals surface area (Å²) in [5.41, 5.74) is 7.69. The minimum Gasteiger partial charge on any atom is -0.342 e. The highest BCUT2D eigenvalue weighted by atomic mass is 16.1. The van der Waals surface area contributed by atoms with Gasteiger partial charge < -0.3 is 9.47 Å². The zero-order valence-corrected chi connectivity index (χ0v) is 19.2. The monoisotopic (exact) mass is 394 g/mol. The summed E-state index contributed by atoms with van der Waals surface area (Å²) in [7, 11) is 3.86. The molecule has 5 nitrogen and oxygen atoms in total. The molecular weight excluding hydrogens is 360 g/mol. The molecule has 156 valence electrons. The van der Waals surface area contributed by atoms with Crippen molar-refractivity contribution in [2.75, 3.05) is 18.0 Å². The molecular formula is C24H34N4O. The van der Waals surface area contributed by atoms with Crippen LogP contribution in [0.25, 0.3) is 22.2 Å². The summed E-state index contributed by atoms with van der Waals surface area (Å²) in [6.45, 7) is 14.6. The molecule has 0 radical (unpaired) electrons. The fraction of sp³-hybridized carbons (Fsp3) is 0.500. The van der Waals surface area contributed by atoms with E-state index in [9.17, 15) is 4.79 Å². The summed E-state index contributed by atoms with van der Waals surface area (Å²) in [4.78, 5) is 20.8. The highest BCUT2D eigenvalue weighted by molar-refractivity contribution is 5.97. The van der Waals surface area contributed by atoms with Gasteiger partial charge in [0.05, 0.1) is 5.39 Å². The van der Waals surface area contributed by atoms with Crippen molar-refractivity contribution in [1.29, 1.82) is 0 Å². The zero-order chi connectivity index (χ0) is 21.5. The van der Waals surface area contributed by atoms with Gasteiger partial charge in [-0.15, -0.1) is 0 Å². The van der Waals surface area contributed by atoms with E-state index in [1.807, 2.05) is 14.1 Å². The van der Waals surface area contributed by atoms with Gasteiger partial charge in [-0.25, -0.2) is 0 Å². The van der Waals surface area contributed by atoms with Crippen LogP contribution in [-0.4, -0.2) is 27.2 Å². The zero-order valence-electron chi connectivity index (χ0n) is 19.2. The Hall–Kier alpha value is -2.56. The Morgan fingerprint density at radius 2 is 1.45 bits per heavy atom. The summed E-state index contributed by atoms with van der Waals surface area (Å²) in [6, 6.07) is 4.38. The van der Waals surface area contributed by atoms with Crippen LogP contribution in [0.3, 0.4) is 0 Å². The van der Waals surface area contributed by atoms with Gasteiger partial charge in [0.25, 0.3) is 5.56 Å². The lowest BCUT2D eigenvalue weighted by Gasteiger charge is -2.24. The topological polar surface area (TPSA) is 43.1 Å². The van der Waals surface area contributed by atoms with Crippen molar-refractivity contribution in [3.8, 4) is 11.1 Å². The summed E-state index contributed by atoms with van der Waals surface area (Å²) in [6.07, 6.45) is 2.04. The SMILES string of the molecule is CCCN(CCC)c1nc2c(c(-c3c(C)cc(C)cc3C)c(C)n2C)c(=O)n1C. The Balaban J connectivity index is 2.39. The molecule has 0 spiro atoms. The van der Waals surface area contributed by atoms with Crippen LogP contribution in [0.15, 0.2) is 16.9 Å². The lowest BCUT2D eigenvalue weighted by atomic mass is 9.92. The molecule has 0 unspecified atom stereocenters. The molecule has 0 aliphatic carbocycles. The minimum atomic E-state index is 0.0280. The third kappa shape index (κ3) is 3.47. The van der Waals surface area contributed by atoms with E-state index < -0.39 is 0 Å². The van der Waals surface area contributed by atoms with Crippen molar-refractivity contribution >= 4 is 17.0 Å². The molecule has 0 N–H and O–H groups in total. The molecule has 1 aromatic carbocycles. The molecule has 0 fully saturated rings. The van der Waals surface area contributed by atoms with Crippen molar-refractivity contribution in [3.05, 3.63) is 44.9 Å². The summed E-state index contributed by atoms with van der Waals surface area (Å²) in [5, 5.41) is 0.722. The fourth-order valence-corrected chi connectivity index (χ4v) is 4.56. The molecule has 0 aliphatic heterocycles. The molecule has 0 bridgehead atoms. The highest BCUT2D eigenvalue weighted by Gasteiger charge is 2.24. The molecule has 5 heteroatoms. The second kappa shape index (κ2) is 8.05. The van der Waals surface area contributed by atoms with E-state index in [4.69, 9.17) is 4.98 Å². The minimum absolute atomic E-state index is 0.0280. The lowest BCUT2D eigenvalue weighted by Crippen LogP contribution is -2.33. The van der Waals surface area contributed by atoms with Gasteiger partial charge in [0.2, 0.25) is 5.95 Å². The highest BCUT2D eigenvalue weighted by Crippen LogP contribution is 2.36. The third-order valence-corrected chi connectivity index (χ3v) is 5.88. The van der Waals surface area contributed by atoms with Crippen molar-refractivity contribution in [2.45, 2.75) is 54.4 Å². The Kier molecular flexibility index (Phi) is 5.87. The van der Waals surface area contributed by atoms with Crippen molar-refractivity contribution in [1.82, 2.24) is 14.1 Å². The van der Waals surface area contributed by atoms with Gasteiger partial charge in [0.1, 0.15) is 5.65 Å². The van der Waals surface area contributed by atoms with Gasteiger partial charge in [-0.3, -0.25) is 9.36 Å². The maximum Gasteiger partial charge on any atom is 0.264 e. The molecule has 0 amide bonds. The Morgan fingerprint density at radius 1 is 0.897 bits per heavy atom. The average molecular weight is 395 g/mol. The van der Waals surface area contributed by atoms with E-state index in [2.05, 4.69) is 63.1 Å². The smallest absolute Gasteiger partial charge is 0.264 e. The molecule has 0 saturated heterocycles. The standard InChI is InChI=1S/C24H34N4O/c1-9-11-28(12-10-2)24-25-22-21(23(29)27(24)8)20(18(6)26(22)7)19-16(4)13-15(3)14-17(19)5/h13-14H,9-12H2,1-8H3. The van der Waals surface area contributed by atoms with Crippen LogP contribution in [0.4, 0.5) is 5.95 Å². The molecule has 3 aromatic rings. The predicted molar refractivity (Wildman–Crippen MR) is 123 cm³/mol. The van der Waals surface area contributed by atoms with Crippen LogP contribution in [0.2, 0.25) is 0 Å². The van der Waals surface area contributed by atoms with E-state index in [0.717, 1.165) is 59.7 Å². The normalized spacial score (nSPS) is 11.4. The van der Waals surface area contributed by atoms with Gasteiger partial charge in [-0.05, 0) is 57.2 Å². The number of benzene rings is 1. The predicted octanol–water partition coefficient (Wildman–Crippen LogP) is 4.80. The van der Waals surface area contributed by atoms with Crippen LogP contribution in [-0.2, 0) is 14.1 Å². The number of aryl methyl sites for hydroxylation is 4. The first-order valence-corrected chi connectivity index (χ1v) is 10.6. The second-order valence-electron chi connectivity index (χ2n) is 8.25. The number of anilines is 1. The molecule has 0 saturated carbocycles. The van der Waals surface area contributed by atoms with Crippen molar-refractivity contribution in [3.63, 3.8) is 0 Å². The van der Waals surface area contributed by atoms with Crippen LogP contribution in [0.5, 0.6) is 0 Å². The quantitative estimate of drug-likeness (QED) is 0.603. The van der Waals surface area contributed by atoms with Gasteiger partial charge >= 0.3 is 0 Å². The first-order valence-electron chi connectivity index (χ1n) is 10.6. The van der Waals surface area contributed by atoms with Crippen LogP contribution < -0.4 is 10.5 Å². The first kappa shape index (κ1) is 21.2. The summed E-state index contributed by atoms with van der Waals surface area (Å²) in [5.74, 6) is 0.760. The number of fused-ring (bicyclic) bond motifs is 1. The number of hydrogen-bond donors (Lipinski definition) is 0. The van der Waals surface area contributed by atoms with Crippen molar-refractivity contribution in [2.24, 2.45) is 14.1 Å². The Bertz CT molecular complexity index is 1090. The lowest BCUT2D eigenvalue weighted by molar-refractivity contribution is 0.683. The Morgan fingerprint density at radius 3 is 1.97 bits per heavy atom. The van der Waals surface area contributed by atoms with E-state index in [-0.39, 0.29) is 5.56 Å². The van der Waals surface area contributed by atoms with Gasteiger partial charge in [-0.1, -0.05) is 31.5 Å². The fourth-order valence-electron chi connectivity index (χ4n) is 4.56. The maximum atomic E-state index is 13.6. The van der Waals surface area contributed by atoms with Crippen LogP contribution >= 0.6 is 0 Å². The maximum absolute atomic E-state index is 13.6. The van der Waals surface area contributed by atoms with Gasteiger partial charge in [0.15, 0.2) is 0 Å².